The number of carbonyl (C=O) groups is 1. The van der Waals surface area contributed by atoms with Gasteiger partial charge < -0.3 is 10.5 Å². The van der Waals surface area contributed by atoms with Gasteiger partial charge in [-0.2, -0.15) is 13.2 Å². The first-order valence-corrected chi connectivity index (χ1v) is 11.2. The summed E-state index contributed by atoms with van der Waals surface area (Å²) in [6.45, 7) is 1.31. The van der Waals surface area contributed by atoms with Gasteiger partial charge in [-0.15, -0.1) is 0 Å². The van der Waals surface area contributed by atoms with Crippen molar-refractivity contribution in [3.8, 4) is 11.3 Å². The summed E-state index contributed by atoms with van der Waals surface area (Å²) in [5.41, 5.74) is 7.39. The lowest BCUT2D eigenvalue weighted by Crippen LogP contribution is -2.38. The number of halogens is 3. The molecule has 186 valence electrons. The Hall–Kier alpha value is -4.03. The van der Waals surface area contributed by atoms with E-state index in [0.717, 1.165) is 37.0 Å². The number of imidazole rings is 1. The summed E-state index contributed by atoms with van der Waals surface area (Å²) in [5, 5.41) is 0.585. The van der Waals surface area contributed by atoms with Crippen LogP contribution in [-0.2, 0) is 10.9 Å². The van der Waals surface area contributed by atoms with Gasteiger partial charge in [0.05, 0.1) is 5.56 Å². The Morgan fingerprint density at radius 2 is 1.81 bits per heavy atom. The molecule has 1 aromatic carbocycles. The number of amides is 1. The number of anilines is 2. The van der Waals surface area contributed by atoms with Gasteiger partial charge in [0.1, 0.15) is 22.9 Å². The fourth-order valence-electron chi connectivity index (χ4n) is 4.27. The number of hydrogen-bond donors (Lipinski definition) is 2. The zero-order valence-electron chi connectivity index (χ0n) is 18.9. The van der Waals surface area contributed by atoms with Crippen LogP contribution in [0.4, 0.5) is 24.8 Å². The first kappa shape index (κ1) is 23.7. The standard InChI is InChI=1S/C24H22F3N7O2/c25-24(26,27)17-5-8-30-18(13-17)34(29)23(35)16-3-1-14(2-4-16)19-20-21(28)31-9-10-33(20)22(32-19)15-6-11-36-12-7-15/h1-5,8-10,13,15H,6-7,11-12,29H2,(H2,28,31). The predicted molar refractivity (Wildman–Crippen MR) is 126 cm³/mol. The average Bonchev–Trinajstić information content (AvgIpc) is 3.29. The van der Waals surface area contributed by atoms with E-state index in [9.17, 15) is 18.0 Å². The number of fused-ring (bicyclic) bond motifs is 1. The Morgan fingerprint density at radius 1 is 1.08 bits per heavy atom. The van der Waals surface area contributed by atoms with Crippen molar-refractivity contribution in [3.05, 3.63) is 71.9 Å². The molecule has 3 aromatic heterocycles. The second-order valence-electron chi connectivity index (χ2n) is 8.39. The lowest BCUT2D eigenvalue weighted by Gasteiger charge is -2.20. The number of nitrogens with two attached hydrogens (primary N) is 2. The summed E-state index contributed by atoms with van der Waals surface area (Å²) < 4.78 is 46.5. The van der Waals surface area contributed by atoms with Crippen molar-refractivity contribution >= 4 is 23.1 Å². The molecule has 12 heteroatoms. The van der Waals surface area contributed by atoms with Crippen molar-refractivity contribution in [2.45, 2.75) is 24.9 Å². The van der Waals surface area contributed by atoms with Crippen LogP contribution < -0.4 is 16.6 Å². The van der Waals surface area contributed by atoms with Gasteiger partial charge >= 0.3 is 6.18 Å². The van der Waals surface area contributed by atoms with Gasteiger partial charge in [-0.05, 0) is 37.1 Å². The maximum Gasteiger partial charge on any atom is 0.416 e. The molecule has 0 unspecified atom stereocenters. The molecule has 1 aliphatic rings. The molecule has 0 saturated carbocycles. The molecule has 0 radical (unpaired) electrons. The Morgan fingerprint density at radius 3 is 2.50 bits per heavy atom. The molecule has 9 nitrogen and oxygen atoms in total. The minimum atomic E-state index is -4.59. The van der Waals surface area contributed by atoms with Crippen LogP contribution in [0.25, 0.3) is 16.8 Å². The maximum absolute atomic E-state index is 13.0. The Kier molecular flexibility index (Phi) is 6.06. The van der Waals surface area contributed by atoms with Gasteiger partial charge in [0.2, 0.25) is 0 Å². The number of carbonyl (C=O) groups excluding carboxylic acids is 1. The monoisotopic (exact) mass is 497 g/mol. The molecule has 36 heavy (non-hydrogen) atoms. The highest BCUT2D eigenvalue weighted by atomic mass is 19.4. The Balaban J connectivity index is 1.46. The lowest BCUT2D eigenvalue weighted by atomic mass is 9.99. The minimum Gasteiger partial charge on any atom is -0.382 e. The summed E-state index contributed by atoms with van der Waals surface area (Å²) in [6.07, 6.45) is 1.48. The summed E-state index contributed by atoms with van der Waals surface area (Å²) in [4.78, 5) is 25.7. The summed E-state index contributed by atoms with van der Waals surface area (Å²) in [7, 11) is 0. The quantitative estimate of drug-likeness (QED) is 0.250. The number of hydrazine groups is 1. The summed E-state index contributed by atoms with van der Waals surface area (Å²) in [5.74, 6) is 6.17. The number of pyridine rings is 1. The van der Waals surface area contributed by atoms with E-state index in [2.05, 4.69) is 9.97 Å². The van der Waals surface area contributed by atoms with Gasteiger partial charge in [-0.3, -0.25) is 9.20 Å². The van der Waals surface area contributed by atoms with E-state index in [-0.39, 0.29) is 17.3 Å². The van der Waals surface area contributed by atoms with Crippen molar-refractivity contribution in [1.82, 2.24) is 19.4 Å². The third kappa shape index (κ3) is 4.36. The first-order chi connectivity index (χ1) is 17.2. The molecule has 1 saturated heterocycles. The molecule has 1 fully saturated rings. The minimum absolute atomic E-state index is 0.166. The van der Waals surface area contributed by atoms with E-state index in [4.69, 9.17) is 21.3 Å². The fourth-order valence-corrected chi connectivity index (χ4v) is 4.27. The second kappa shape index (κ2) is 9.21. The zero-order chi connectivity index (χ0) is 25.4. The molecule has 4 aromatic rings. The zero-order valence-corrected chi connectivity index (χ0v) is 18.9. The van der Waals surface area contributed by atoms with E-state index in [1.54, 1.807) is 18.3 Å². The van der Waals surface area contributed by atoms with Crippen molar-refractivity contribution in [3.63, 3.8) is 0 Å². The molecule has 4 N–H and O–H groups in total. The van der Waals surface area contributed by atoms with E-state index >= 15 is 0 Å². The fraction of sp³-hybridized carbons (Fsp3) is 0.250. The van der Waals surface area contributed by atoms with E-state index in [1.165, 1.54) is 12.1 Å². The number of hydrogen-bond acceptors (Lipinski definition) is 7. The highest BCUT2D eigenvalue weighted by Gasteiger charge is 2.31. The van der Waals surface area contributed by atoms with Crippen molar-refractivity contribution in [2.75, 3.05) is 24.0 Å². The van der Waals surface area contributed by atoms with Crippen LogP contribution in [-0.4, -0.2) is 38.5 Å². The molecule has 0 spiro atoms. The van der Waals surface area contributed by atoms with E-state index in [1.807, 2.05) is 10.6 Å². The van der Waals surface area contributed by atoms with Crippen LogP contribution in [0, 0.1) is 0 Å². The topological polar surface area (TPSA) is 125 Å². The smallest absolute Gasteiger partial charge is 0.382 e. The summed E-state index contributed by atoms with van der Waals surface area (Å²) >= 11 is 0. The predicted octanol–water partition coefficient (Wildman–Crippen LogP) is 3.81. The number of nitrogens with zero attached hydrogens (tertiary/aromatic N) is 5. The number of alkyl halides is 3. The molecule has 0 aliphatic carbocycles. The molecule has 0 bridgehead atoms. The highest BCUT2D eigenvalue weighted by Crippen LogP contribution is 2.34. The van der Waals surface area contributed by atoms with Crippen molar-refractivity contribution < 1.29 is 22.7 Å². The van der Waals surface area contributed by atoms with Crippen LogP contribution in [0.15, 0.2) is 55.0 Å². The molecule has 0 atom stereocenters. The van der Waals surface area contributed by atoms with Crippen LogP contribution in [0.2, 0.25) is 0 Å². The van der Waals surface area contributed by atoms with Gasteiger partial charge in [0, 0.05) is 48.8 Å². The van der Waals surface area contributed by atoms with Crippen molar-refractivity contribution in [1.29, 1.82) is 0 Å². The average molecular weight is 497 g/mol. The SMILES string of the molecule is Nc1nccn2c(C3CCOCC3)nc(-c3ccc(C(=O)N(N)c4cc(C(F)(F)F)ccn4)cc3)c12. The molecule has 5 rings (SSSR count). The third-order valence-electron chi connectivity index (χ3n) is 6.14. The van der Waals surface area contributed by atoms with Gasteiger partial charge in [-0.25, -0.2) is 25.8 Å². The van der Waals surface area contributed by atoms with Crippen LogP contribution in [0.1, 0.15) is 40.5 Å². The van der Waals surface area contributed by atoms with Crippen molar-refractivity contribution in [2.24, 2.45) is 5.84 Å². The number of rotatable bonds is 4. The summed E-state index contributed by atoms with van der Waals surface area (Å²) in [6, 6.07) is 7.94. The normalized spacial score (nSPS) is 14.8. The van der Waals surface area contributed by atoms with Gasteiger partial charge in [0.25, 0.3) is 5.91 Å². The van der Waals surface area contributed by atoms with Crippen LogP contribution in [0.5, 0.6) is 0 Å². The Labute approximate surface area is 203 Å². The van der Waals surface area contributed by atoms with Gasteiger partial charge in [-0.1, -0.05) is 12.1 Å². The lowest BCUT2D eigenvalue weighted by molar-refractivity contribution is -0.137. The van der Waals surface area contributed by atoms with E-state index < -0.39 is 17.6 Å². The number of aromatic nitrogens is 4. The maximum atomic E-state index is 13.0. The third-order valence-corrected chi connectivity index (χ3v) is 6.14. The Bertz CT molecular complexity index is 1410. The van der Waals surface area contributed by atoms with E-state index in [0.29, 0.717) is 40.8 Å². The highest BCUT2D eigenvalue weighted by molar-refractivity contribution is 6.05. The molecular formula is C24H22F3N7O2. The first-order valence-electron chi connectivity index (χ1n) is 11.2. The van der Waals surface area contributed by atoms with Crippen LogP contribution >= 0.6 is 0 Å². The van der Waals surface area contributed by atoms with Gasteiger partial charge in [0.15, 0.2) is 5.82 Å². The molecular weight excluding hydrogens is 475 g/mol. The number of benzene rings is 1. The second-order valence-corrected chi connectivity index (χ2v) is 8.39. The molecule has 1 amide bonds. The number of ether oxygens (including phenoxy) is 1. The largest absolute Gasteiger partial charge is 0.416 e. The molecule has 4 heterocycles. The van der Waals surface area contributed by atoms with Crippen LogP contribution in [0.3, 0.4) is 0 Å². The number of nitrogen functional groups attached to an aromatic ring is 1. The molecule has 1 aliphatic heterocycles.